The molecule has 1 aromatic heterocycles. The van der Waals surface area contributed by atoms with Crippen molar-refractivity contribution in [2.45, 2.75) is 35.3 Å². The lowest BCUT2D eigenvalue weighted by molar-refractivity contribution is -0.134. The number of likely N-dealkylation sites (tertiary alicyclic amines) is 1. The number of carbonyl (C=O) groups excluding carboxylic acids is 1. The van der Waals surface area contributed by atoms with Crippen LogP contribution in [0.1, 0.15) is 19.8 Å². The molecule has 2 aromatic rings. The first kappa shape index (κ1) is 19.5. The molecule has 3 heterocycles. The number of rotatable bonds is 0. The second kappa shape index (κ2) is 7.55. The average Bonchev–Trinajstić information content (AvgIpc) is 2.67. The maximum atomic E-state index is 13.0. The smallest absolute Gasteiger partial charge is 0.240 e. The Kier molecular flexibility index (Phi) is 5.26. The van der Waals surface area contributed by atoms with E-state index in [0.29, 0.717) is 25.3 Å². The molecule has 2 aliphatic heterocycles. The number of aromatic hydroxyl groups is 1. The molecule has 3 N–H and O–H groups in total. The van der Waals surface area contributed by atoms with Crippen LogP contribution in [0.2, 0.25) is 0 Å². The number of pyridine rings is 1. The molecule has 150 valence electrons. The average molecular weight is 496 g/mol. The van der Waals surface area contributed by atoms with Gasteiger partial charge in [-0.3, -0.25) is 14.7 Å². The van der Waals surface area contributed by atoms with Gasteiger partial charge in [-0.1, -0.05) is 22.6 Å². The molecule has 8 heteroatoms. The summed E-state index contributed by atoms with van der Waals surface area (Å²) in [5.74, 6) is 0.571. The van der Waals surface area contributed by atoms with Crippen molar-refractivity contribution in [1.82, 2.24) is 15.2 Å². The Morgan fingerprint density at radius 1 is 1.43 bits per heavy atom. The van der Waals surface area contributed by atoms with Crippen LogP contribution in [-0.4, -0.2) is 63.1 Å². The number of halogens is 1. The minimum Gasteiger partial charge on any atom is -0.504 e. The van der Waals surface area contributed by atoms with Crippen LogP contribution < -0.4 is 15.4 Å². The van der Waals surface area contributed by atoms with E-state index in [1.54, 1.807) is 18.3 Å². The lowest BCUT2D eigenvalue weighted by atomic mass is 9.84. The molecule has 7 nitrogen and oxygen atoms in total. The number of nitrogens with one attached hydrogen (secondary N) is 2. The van der Waals surface area contributed by atoms with Gasteiger partial charge >= 0.3 is 0 Å². The molecule has 1 amide bonds. The van der Waals surface area contributed by atoms with Crippen molar-refractivity contribution in [2.24, 2.45) is 0 Å². The van der Waals surface area contributed by atoms with Crippen LogP contribution in [0.5, 0.6) is 11.5 Å². The number of fused-ring (bicyclic) bond motifs is 3. The van der Waals surface area contributed by atoms with E-state index >= 15 is 0 Å². The highest BCUT2D eigenvalue weighted by Crippen LogP contribution is 2.36. The normalized spacial score (nSPS) is 28.9. The maximum absolute atomic E-state index is 13.0. The Labute approximate surface area is 178 Å². The van der Waals surface area contributed by atoms with Gasteiger partial charge < -0.3 is 20.5 Å². The molecule has 3 unspecified atom stereocenters. The van der Waals surface area contributed by atoms with Gasteiger partial charge in [-0.05, 0) is 45.0 Å². The number of hydrogen-bond donors (Lipinski definition) is 3. The maximum Gasteiger partial charge on any atom is 0.240 e. The van der Waals surface area contributed by atoms with Gasteiger partial charge in [0.25, 0.3) is 0 Å². The topological polar surface area (TPSA) is 86.7 Å². The highest BCUT2D eigenvalue weighted by Gasteiger charge is 2.42. The Balaban J connectivity index is 1.75. The number of hydrogen-bond acceptors (Lipinski definition) is 6. The van der Waals surface area contributed by atoms with E-state index < -0.39 is 5.54 Å². The van der Waals surface area contributed by atoms with E-state index in [0.717, 1.165) is 29.6 Å². The van der Waals surface area contributed by atoms with Crippen molar-refractivity contribution < 1.29 is 14.6 Å². The summed E-state index contributed by atoms with van der Waals surface area (Å²) in [5.41, 5.74) is 1.07. The summed E-state index contributed by atoms with van der Waals surface area (Å²) in [4.78, 5) is 19.6. The predicted octanol–water partition coefficient (Wildman–Crippen LogP) is 2.52. The fourth-order valence-corrected chi connectivity index (χ4v) is 4.38. The number of anilines is 1. The van der Waals surface area contributed by atoms with Gasteiger partial charge in [0.05, 0.1) is 26.9 Å². The van der Waals surface area contributed by atoms with Crippen LogP contribution in [0.4, 0.5) is 5.69 Å². The van der Waals surface area contributed by atoms with Crippen LogP contribution in [0, 0.1) is 0 Å². The summed E-state index contributed by atoms with van der Waals surface area (Å²) in [5, 5.41) is 17.7. The number of carbonyl (C=O) groups is 1. The van der Waals surface area contributed by atoms with E-state index in [1.807, 2.05) is 20.0 Å². The van der Waals surface area contributed by atoms with Crippen LogP contribution in [0.25, 0.3) is 10.9 Å². The Bertz CT molecular complexity index is 908. The fourth-order valence-electron chi connectivity index (χ4n) is 3.98. The number of likely N-dealkylation sites (N-methyl/N-ethyl adjacent to an activating group) is 1. The summed E-state index contributed by atoms with van der Waals surface area (Å²) in [6.07, 6.45) is 3.45. The zero-order valence-electron chi connectivity index (χ0n) is 16.0. The largest absolute Gasteiger partial charge is 0.504 e. The number of phenols is 1. The highest BCUT2D eigenvalue weighted by atomic mass is 127. The van der Waals surface area contributed by atoms with Gasteiger partial charge in [0.2, 0.25) is 5.91 Å². The first-order chi connectivity index (χ1) is 13.4. The van der Waals surface area contributed by atoms with Gasteiger partial charge in [-0.2, -0.15) is 0 Å². The molecule has 0 aliphatic carbocycles. The first-order valence-corrected chi connectivity index (χ1v) is 10.8. The molecule has 4 rings (SSSR count). The molecule has 4 bridgehead atoms. The van der Waals surface area contributed by atoms with Gasteiger partial charge in [0, 0.05) is 24.5 Å². The summed E-state index contributed by atoms with van der Waals surface area (Å²) < 4.78 is 6.02. The molecule has 1 aromatic carbocycles. The third-order valence-electron chi connectivity index (χ3n) is 5.85. The second-order valence-electron chi connectivity index (χ2n) is 7.85. The molecule has 1 fully saturated rings. The van der Waals surface area contributed by atoms with E-state index in [1.165, 1.54) is 0 Å². The van der Waals surface area contributed by atoms with E-state index in [4.69, 9.17) is 4.74 Å². The van der Waals surface area contributed by atoms with Gasteiger partial charge in [0.1, 0.15) is 6.61 Å². The zero-order valence-corrected chi connectivity index (χ0v) is 18.2. The predicted molar refractivity (Wildman–Crippen MR) is 117 cm³/mol. The standard InChI is InChI=1S/C20H25IN4O3/c1-20-8-13(5-6-25(20)2)24-14-7-15-16(22-10-14)3-4-17(26)18(15)28-11-12(21)9-23-19(20)27/h3-4,7,10,12-13,24,26H,5-6,8-9,11H2,1-2H3,(H,23,27). The fraction of sp³-hybridized carbons (Fsp3) is 0.500. The third-order valence-corrected chi connectivity index (χ3v) is 6.65. The van der Waals surface area contributed by atoms with Gasteiger partial charge in [-0.15, -0.1) is 0 Å². The Morgan fingerprint density at radius 3 is 3.07 bits per heavy atom. The van der Waals surface area contributed by atoms with E-state index in [2.05, 4.69) is 43.1 Å². The monoisotopic (exact) mass is 496 g/mol. The summed E-state index contributed by atoms with van der Waals surface area (Å²) >= 11 is 2.27. The SMILES string of the molecule is CN1CCC2CC1(C)C(=O)NCC(I)COc1c(O)ccc3ncc(cc13)N2. The first-order valence-electron chi connectivity index (χ1n) is 9.51. The second-order valence-corrected chi connectivity index (χ2v) is 9.61. The summed E-state index contributed by atoms with van der Waals surface area (Å²) in [6.45, 7) is 3.73. The van der Waals surface area contributed by atoms with Gasteiger partial charge in [-0.25, -0.2) is 0 Å². The lowest BCUT2D eigenvalue weighted by Crippen LogP contribution is -2.61. The highest BCUT2D eigenvalue weighted by molar-refractivity contribution is 14.1. The molecule has 0 spiro atoms. The van der Waals surface area contributed by atoms with E-state index in [-0.39, 0.29) is 21.6 Å². The van der Waals surface area contributed by atoms with Crippen molar-refractivity contribution >= 4 is 45.1 Å². The molecular weight excluding hydrogens is 471 g/mol. The lowest BCUT2D eigenvalue weighted by Gasteiger charge is -2.45. The van der Waals surface area contributed by atoms with Crippen molar-refractivity contribution in [2.75, 3.05) is 32.1 Å². The Morgan fingerprint density at radius 2 is 2.25 bits per heavy atom. The third kappa shape index (κ3) is 3.59. The molecule has 0 saturated carbocycles. The number of piperidine rings is 1. The molecular formula is C20H25IN4O3. The van der Waals surface area contributed by atoms with Crippen molar-refractivity contribution in [1.29, 1.82) is 0 Å². The molecule has 28 heavy (non-hydrogen) atoms. The molecule has 2 aliphatic rings. The summed E-state index contributed by atoms with van der Waals surface area (Å²) in [7, 11) is 2.01. The number of amides is 1. The van der Waals surface area contributed by atoms with E-state index in [9.17, 15) is 9.90 Å². The van der Waals surface area contributed by atoms with Crippen molar-refractivity contribution in [3.05, 3.63) is 24.4 Å². The molecule has 1 saturated heterocycles. The minimum absolute atomic E-state index is 0.0389. The molecule has 0 radical (unpaired) electrons. The Hall–Kier alpha value is -1.81. The number of ether oxygens (including phenoxy) is 1. The number of alkyl halides is 1. The minimum atomic E-state index is -0.565. The zero-order chi connectivity index (χ0) is 19.9. The van der Waals surface area contributed by atoms with Crippen LogP contribution in [0.3, 0.4) is 0 Å². The number of aromatic nitrogens is 1. The summed E-state index contributed by atoms with van der Waals surface area (Å²) in [6, 6.07) is 5.53. The van der Waals surface area contributed by atoms with Crippen molar-refractivity contribution in [3.63, 3.8) is 0 Å². The van der Waals surface area contributed by atoms with Crippen LogP contribution in [0.15, 0.2) is 24.4 Å². The van der Waals surface area contributed by atoms with Crippen molar-refractivity contribution in [3.8, 4) is 11.5 Å². The van der Waals surface area contributed by atoms with Crippen LogP contribution >= 0.6 is 22.6 Å². The molecule has 3 atom stereocenters. The number of benzene rings is 1. The van der Waals surface area contributed by atoms with Crippen LogP contribution in [-0.2, 0) is 4.79 Å². The number of nitrogens with zero attached hydrogens (tertiary/aromatic N) is 2. The number of phenolic OH excluding ortho intramolecular Hbond substituents is 1. The quantitative estimate of drug-likeness (QED) is 0.384. The van der Waals surface area contributed by atoms with Gasteiger partial charge in [0.15, 0.2) is 11.5 Å².